The molecule has 1 aromatic carbocycles. The molecule has 1 N–H and O–H groups in total. The zero-order valence-corrected chi connectivity index (χ0v) is 10.7. The Morgan fingerprint density at radius 1 is 1.22 bits per heavy atom. The predicted molar refractivity (Wildman–Crippen MR) is 71.8 cm³/mol. The van der Waals surface area contributed by atoms with E-state index < -0.39 is 0 Å². The van der Waals surface area contributed by atoms with Crippen LogP contribution in [0.5, 0.6) is 0 Å². The first kappa shape index (κ1) is 10.8. The van der Waals surface area contributed by atoms with E-state index in [0.717, 1.165) is 26.2 Å². The highest BCUT2D eigenvalue weighted by molar-refractivity contribution is 5.56. The van der Waals surface area contributed by atoms with Crippen LogP contribution in [-0.2, 0) is 17.7 Å². The lowest BCUT2D eigenvalue weighted by Gasteiger charge is -2.32. The van der Waals surface area contributed by atoms with Crippen LogP contribution in [0.2, 0.25) is 0 Å². The van der Waals surface area contributed by atoms with Crippen LogP contribution >= 0.6 is 0 Å². The van der Waals surface area contributed by atoms with Crippen molar-refractivity contribution in [1.29, 1.82) is 0 Å². The molecule has 2 bridgehead atoms. The van der Waals surface area contributed by atoms with E-state index in [2.05, 4.69) is 28.4 Å². The van der Waals surface area contributed by atoms with Gasteiger partial charge in [0.05, 0.1) is 12.2 Å². The molecule has 3 nitrogen and oxygen atoms in total. The first-order valence-electron chi connectivity index (χ1n) is 7.10. The topological polar surface area (TPSA) is 24.5 Å². The fraction of sp³-hybridized carbons (Fsp3) is 0.600. The first-order chi connectivity index (χ1) is 8.87. The van der Waals surface area contributed by atoms with Crippen molar-refractivity contribution in [2.24, 2.45) is 0 Å². The van der Waals surface area contributed by atoms with Crippen molar-refractivity contribution >= 4 is 5.69 Å². The molecule has 0 amide bonds. The number of morpholine rings is 1. The van der Waals surface area contributed by atoms with Gasteiger partial charge < -0.3 is 10.1 Å². The third-order valence-electron chi connectivity index (χ3n) is 4.40. The fourth-order valence-corrected chi connectivity index (χ4v) is 3.54. The average Bonchev–Trinajstić information content (AvgIpc) is 2.95. The Hall–Kier alpha value is -1.06. The summed E-state index contributed by atoms with van der Waals surface area (Å²) in [5, 5.41) is 3.42. The molecule has 0 radical (unpaired) electrons. The number of nitrogens with zero attached hydrogens (tertiary/aromatic N) is 1. The van der Waals surface area contributed by atoms with E-state index in [9.17, 15) is 0 Å². The molecule has 3 heterocycles. The number of nitrogens with one attached hydrogen (secondary N) is 1. The SMILES string of the molecule is c1cc2c(cc1CN1CC3CCC(C1)O3)CCN2. The summed E-state index contributed by atoms with van der Waals surface area (Å²) in [5.41, 5.74) is 4.28. The number of fused-ring (bicyclic) bond motifs is 3. The minimum Gasteiger partial charge on any atom is -0.384 e. The molecule has 2 fully saturated rings. The number of rotatable bonds is 2. The van der Waals surface area contributed by atoms with Crippen LogP contribution in [-0.4, -0.2) is 36.7 Å². The van der Waals surface area contributed by atoms with Gasteiger partial charge in [-0.25, -0.2) is 0 Å². The van der Waals surface area contributed by atoms with E-state index in [1.807, 2.05) is 0 Å². The summed E-state index contributed by atoms with van der Waals surface area (Å²) in [7, 11) is 0. The molecule has 2 atom stereocenters. The van der Waals surface area contributed by atoms with E-state index in [0.29, 0.717) is 12.2 Å². The zero-order chi connectivity index (χ0) is 11.9. The third-order valence-corrected chi connectivity index (χ3v) is 4.40. The minimum absolute atomic E-state index is 0.500. The van der Waals surface area contributed by atoms with Crippen LogP contribution in [0.4, 0.5) is 5.69 Å². The molecular weight excluding hydrogens is 224 g/mol. The van der Waals surface area contributed by atoms with Gasteiger partial charge in [0.15, 0.2) is 0 Å². The van der Waals surface area contributed by atoms with Gasteiger partial charge in [-0.15, -0.1) is 0 Å². The van der Waals surface area contributed by atoms with Crippen LogP contribution in [0, 0.1) is 0 Å². The van der Waals surface area contributed by atoms with E-state index in [-0.39, 0.29) is 0 Å². The van der Waals surface area contributed by atoms with Crippen molar-refractivity contribution < 1.29 is 4.74 Å². The molecule has 3 aliphatic rings. The van der Waals surface area contributed by atoms with Gasteiger partial charge in [0.1, 0.15) is 0 Å². The molecule has 0 saturated carbocycles. The van der Waals surface area contributed by atoms with Crippen molar-refractivity contribution in [2.75, 3.05) is 25.0 Å². The molecule has 3 aliphatic heterocycles. The number of benzene rings is 1. The molecule has 2 unspecified atom stereocenters. The summed E-state index contributed by atoms with van der Waals surface area (Å²) >= 11 is 0. The predicted octanol–water partition coefficient (Wildman–Crippen LogP) is 2.02. The van der Waals surface area contributed by atoms with Gasteiger partial charge in [-0.05, 0) is 36.5 Å². The van der Waals surface area contributed by atoms with Gasteiger partial charge >= 0.3 is 0 Å². The van der Waals surface area contributed by atoms with Crippen molar-refractivity contribution in [1.82, 2.24) is 4.90 Å². The first-order valence-corrected chi connectivity index (χ1v) is 7.10. The Kier molecular flexibility index (Phi) is 2.55. The van der Waals surface area contributed by atoms with Crippen LogP contribution in [0.15, 0.2) is 18.2 Å². The van der Waals surface area contributed by atoms with Gasteiger partial charge in [-0.1, -0.05) is 12.1 Å². The highest BCUT2D eigenvalue weighted by Crippen LogP contribution is 2.28. The second-order valence-corrected chi connectivity index (χ2v) is 5.82. The maximum absolute atomic E-state index is 5.89. The Morgan fingerprint density at radius 3 is 2.89 bits per heavy atom. The van der Waals surface area contributed by atoms with Gasteiger partial charge in [-0.3, -0.25) is 4.90 Å². The quantitative estimate of drug-likeness (QED) is 0.861. The summed E-state index contributed by atoms with van der Waals surface area (Å²) in [4.78, 5) is 2.57. The number of likely N-dealkylation sites (tertiary alicyclic amines) is 1. The second-order valence-electron chi connectivity index (χ2n) is 5.82. The average molecular weight is 244 g/mol. The molecule has 3 heteroatoms. The summed E-state index contributed by atoms with van der Waals surface area (Å²) in [6, 6.07) is 6.90. The van der Waals surface area contributed by atoms with Crippen molar-refractivity contribution in [3.63, 3.8) is 0 Å². The minimum atomic E-state index is 0.500. The van der Waals surface area contributed by atoms with Gasteiger partial charge in [-0.2, -0.15) is 0 Å². The van der Waals surface area contributed by atoms with E-state index in [1.165, 1.54) is 36.1 Å². The van der Waals surface area contributed by atoms with Gasteiger partial charge in [0.2, 0.25) is 0 Å². The Bertz CT molecular complexity index is 448. The monoisotopic (exact) mass is 244 g/mol. The number of ether oxygens (including phenoxy) is 1. The smallest absolute Gasteiger partial charge is 0.0707 e. The second kappa shape index (κ2) is 4.25. The summed E-state index contributed by atoms with van der Waals surface area (Å²) in [5.74, 6) is 0. The zero-order valence-electron chi connectivity index (χ0n) is 10.7. The molecule has 2 saturated heterocycles. The largest absolute Gasteiger partial charge is 0.384 e. The lowest BCUT2D eigenvalue weighted by Crippen LogP contribution is -2.41. The lowest BCUT2D eigenvalue weighted by atomic mass is 10.1. The fourth-order valence-electron chi connectivity index (χ4n) is 3.54. The van der Waals surface area contributed by atoms with Crippen LogP contribution in [0.1, 0.15) is 24.0 Å². The van der Waals surface area contributed by atoms with Crippen molar-refractivity contribution in [2.45, 2.75) is 38.0 Å². The highest BCUT2D eigenvalue weighted by atomic mass is 16.5. The maximum Gasteiger partial charge on any atom is 0.0707 e. The summed E-state index contributed by atoms with van der Waals surface area (Å²) in [6.07, 6.45) is 4.70. The molecule has 1 aromatic rings. The summed E-state index contributed by atoms with van der Waals surface area (Å²) < 4.78 is 5.89. The standard InChI is InChI=1S/C15H20N2O/c1-4-15-12(5-6-16-15)7-11(1)8-17-9-13-2-3-14(10-17)18-13/h1,4,7,13-14,16H,2-3,5-6,8-10H2. The number of hydrogen-bond donors (Lipinski definition) is 1. The molecule has 18 heavy (non-hydrogen) atoms. The molecule has 4 rings (SSSR count). The van der Waals surface area contributed by atoms with E-state index in [4.69, 9.17) is 4.74 Å². The van der Waals surface area contributed by atoms with Crippen LogP contribution in [0.3, 0.4) is 0 Å². The van der Waals surface area contributed by atoms with Crippen LogP contribution < -0.4 is 5.32 Å². The number of anilines is 1. The van der Waals surface area contributed by atoms with Crippen molar-refractivity contribution in [3.8, 4) is 0 Å². The maximum atomic E-state index is 5.89. The van der Waals surface area contributed by atoms with Gasteiger partial charge in [0, 0.05) is 31.9 Å². The van der Waals surface area contributed by atoms with Crippen LogP contribution in [0.25, 0.3) is 0 Å². The third kappa shape index (κ3) is 1.91. The van der Waals surface area contributed by atoms with Crippen molar-refractivity contribution in [3.05, 3.63) is 29.3 Å². The molecular formula is C15H20N2O. The van der Waals surface area contributed by atoms with E-state index in [1.54, 1.807) is 0 Å². The Balaban J connectivity index is 1.48. The summed E-state index contributed by atoms with van der Waals surface area (Å²) in [6.45, 7) is 4.42. The normalized spacial score (nSPS) is 30.2. The lowest BCUT2D eigenvalue weighted by molar-refractivity contribution is -0.0410. The van der Waals surface area contributed by atoms with Gasteiger partial charge in [0.25, 0.3) is 0 Å². The number of hydrogen-bond acceptors (Lipinski definition) is 3. The Labute approximate surface area is 108 Å². The molecule has 0 spiro atoms. The Morgan fingerprint density at radius 2 is 2.06 bits per heavy atom. The molecule has 0 aliphatic carbocycles. The molecule has 96 valence electrons. The highest BCUT2D eigenvalue weighted by Gasteiger charge is 2.33. The molecule has 0 aromatic heterocycles. The van der Waals surface area contributed by atoms with E-state index >= 15 is 0 Å².